The molecule has 0 spiro atoms. The number of benzene rings is 2. The van der Waals surface area contributed by atoms with Gasteiger partial charge in [-0.3, -0.25) is 0 Å². The van der Waals surface area contributed by atoms with Crippen LogP contribution in [-0.4, -0.2) is 64.5 Å². The Bertz CT molecular complexity index is 1230. The lowest BCUT2D eigenvalue weighted by Gasteiger charge is -2.31. The van der Waals surface area contributed by atoms with Gasteiger partial charge >= 0.3 is 6.09 Å². The second-order valence-corrected chi connectivity index (χ2v) is 9.04. The van der Waals surface area contributed by atoms with Gasteiger partial charge in [0.1, 0.15) is 29.8 Å². The largest absolute Gasteiger partial charge is 0.486 e. The molecule has 2 saturated heterocycles. The van der Waals surface area contributed by atoms with Gasteiger partial charge in [-0.1, -0.05) is 11.6 Å². The average Bonchev–Trinajstić information content (AvgIpc) is 3.36. The number of ether oxygens (including phenoxy) is 2. The van der Waals surface area contributed by atoms with E-state index in [0.29, 0.717) is 61.9 Å². The number of carboxylic acid groups (broad SMARTS) is 1. The molecule has 1 aromatic heterocycles. The molecule has 184 valence electrons. The molecule has 35 heavy (non-hydrogen) atoms. The Balaban J connectivity index is 1.46. The predicted octanol–water partition coefficient (Wildman–Crippen LogP) is 4.89. The van der Waals surface area contributed by atoms with Crippen molar-refractivity contribution in [1.29, 1.82) is 0 Å². The molecule has 3 heterocycles. The predicted molar refractivity (Wildman–Crippen MR) is 130 cm³/mol. The number of anilines is 3. The van der Waals surface area contributed by atoms with Crippen LogP contribution >= 0.6 is 11.6 Å². The van der Waals surface area contributed by atoms with Crippen LogP contribution in [0.3, 0.4) is 0 Å². The van der Waals surface area contributed by atoms with E-state index in [1.54, 1.807) is 6.07 Å². The minimum atomic E-state index is -0.895. The number of amides is 1. The molecule has 0 saturated carbocycles. The van der Waals surface area contributed by atoms with Gasteiger partial charge in [0.2, 0.25) is 0 Å². The molecule has 2 aliphatic heterocycles. The SMILES string of the molecule is O=C(O)N1CCC(Nc2cc3c(Nc4ccc(F)c(Cl)c4)ncnc3cc2O[C@H]2CCOC2)CC1. The fourth-order valence-electron chi connectivity index (χ4n) is 4.32. The third kappa shape index (κ3) is 5.33. The van der Waals surface area contributed by atoms with Crippen molar-refractivity contribution in [1.82, 2.24) is 14.9 Å². The van der Waals surface area contributed by atoms with Crippen molar-refractivity contribution in [2.24, 2.45) is 0 Å². The van der Waals surface area contributed by atoms with Gasteiger partial charge in [0, 0.05) is 42.7 Å². The van der Waals surface area contributed by atoms with E-state index in [1.165, 1.54) is 23.4 Å². The molecule has 1 amide bonds. The van der Waals surface area contributed by atoms with Crippen LogP contribution in [-0.2, 0) is 4.74 Å². The summed E-state index contributed by atoms with van der Waals surface area (Å²) in [5.74, 6) is 0.697. The first-order valence-corrected chi connectivity index (χ1v) is 11.8. The van der Waals surface area contributed by atoms with Crippen LogP contribution < -0.4 is 15.4 Å². The Morgan fingerprint density at radius 3 is 2.74 bits per heavy atom. The van der Waals surface area contributed by atoms with Gasteiger partial charge in [0.15, 0.2) is 0 Å². The van der Waals surface area contributed by atoms with Crippen LogP contribution in [0.4, 0.5) is 26.4 Å². The molecule has 5 rings (SSSR count). The van der Waals surface area contributed by atoms with Gasteiger partial charge in [-0.05, 0) is 37.1 Å². The summed E-state index contributed by atoms with van der Waals surface area (Å²) in [5, 5.41) is 16.7. The topological polar surface area (TPSA) is 109 Å². The first-order chi connectivity index (χ1) is 17.0. The summed E-state index contributed by atoms with van der Waals surface area (Å²) >= 11 is 5.94. The first kappa shape index (κ1) is 23.4. The molecule has 2 fully saturated rings. The Morgan fingerprint density at radius 2 is 2.03 bits per heavy atom. The zero-order valence-electron chi connectivity index (χ0n) is 18.8. The highest BCUT2D eigenvalue weighted by Gasteiger charge is 2.25. The van der Waals surface area contributed by atoms with Crippen molar-refractivity contribution in [3.05, 3.63) is 47.5 Å². The molecule has 11 heteroatoms. The number of rotatable bonds is 6. The molecule has 0 radical (unpaired) electrons. The Kier molecular flexibility index (Phi) is 6.74. The molecular formula is C24H25ClFN5O4. The van der Waals surface area contributed by atoms with Crippen LogP contribution in [0.2, 0.25) is 5.02 Å². The molecule has 2 aliphatic rings. The summed E-state index contributed by atoms with van der Waals surface area (Å²) in [5.41, 5.74) is 2.04. The lowest BCUT2D eigenvalue weighted by atomic mass is 10.0. The number of aromatic nitrogens is 2. The first-order valence-electron chi connectivity index (χ1n) is 11.5. The van der Waals surface area contributed by atoms with Crippen molar-refractivity contribution in [3.63, 3.8) is 0 Å². The van der Waals surface area contributed by atoms with E-state index in [2.05, 4.69) is 20.6 Å². The van der Waals surface area contributed by atoms with Crippen LogP contribution in [0.5, 0.6) is 5.75 Å². The zero-order valence-corrected chi connectivity index (χ0v) is 19.6. The molecule has 0 aliphatic carbocycles. The maximum atomic E-state index is 13.6. The number of carbonyl (C=O) groups is 1. The van der Waals surface area contributed by atoms with Gasteiger partial charge in [0.05, 0.1) is 29.4 Å². The van der Waals surface area contributed by atoms with Crippen LogP contribution in [0.1, 0.15) is 19.3 Å². The number of nitrogens with one attached hydrogen (secondary N) is 2. The molecule has 0 unspecified atom stereocenters. The highest BCUT2D eigenvalue weighted by atomic mass is 35.5. The van der Waals surface area contributed by atoms with Crippen molar-refractivity contribution in [2.45, 2.75) is 31.4 Å². The molecule has 0 bridgehead atoms. The number of hydrogen-bond acceptors (Lipinski definition) is 7. The quantitative estimate of drug-likeness (QED) is 0.438. The number of fused-ring (bicyclic) bond motifs is 1. The summed E-state index contributed by atoms with van der Waals surface area (Å²) < 4.78 is 25.3. The van der Waals surface area contributed by atoms with Gasteiger partial charge in [-0.15, -0.1) is 0 Å². The number of hydrogen-bond donors (Lipinski definition) is 3. The number of piperidine rings is 1. The summed E-state index contributed by atoms with van der Waals surface area (Å²) in [7, 11) is 0. The molecule has 3 aromatic rings. The van der Waals surface area contributed by atoms with E-state index in [0.717, 1.165) is 17.5 Å². The Labute approximate surface area is 206 Å². The fraction of sp³-hybridized carbons (Fsp3) is 0.375. The molecule has 3 N–H and O–H groups in total. The van der Waals surface area contributed by atoms with Gasteiger partial charge in [-0.2, -0.15) is 0 Å². The highest BCUT2D eigenvalue weighted by molar-refractivity contribution is 6.31. The van der Waals surface area contributed by atoms with Crippen molar-refractivity contribution >= 4 is 45.8 Å². The second-order valence-electron chi connectivity index (χ2n) is 8.63. The van der Waals surface area contributed by atoms with Crippen molar-refractivity contribution in [3.8, 4) is 5.75 Å². The van der Waals surface area contributed by atoms with E-state index >= 15 is 0 Å². The normalized spacial score (nSPS) is 18.6. The Hall–Kier alpha value is -3.37. The van der Waals surface area contributed by atoms with Crippen LogP contribution in [0.15, 0.2) is 36.7 Å². The smallest absolute Gasteiger partial charge is 0.407 e. The van der Waals surface area contributed by atoms with Crippen LogP contribution in [0, 0.1) is 5.82 Å². The van der Waals surface area contributed by atoms with Crippen molar-refractivity contribution in [2.75, 3.05) is 36.9 Å². The minimum Gasteiger partial charge on any atom is -0.486 e. The van der Waals surface area contributed by atoms with E-state index in [9.17, 15) is 14.3 Å². The number of likely N-dealkylation sites (tertiary alicyclic amines) is 1. The van der Waals surface area contributed by atoms with E-state index in [1.807, 2.05) is 12.1 Å². The fourth-order valence-corrected chi connectivity index (χ4v) is 4.51. The third-order valence-corrected chi connectivity index (χ3v) is 6.52. The summed E-state index contributed by atoms with van der Waals surface area (Å²) in [6.07, 6.45) is 2.67. The number of halogens is 2. The number of nitrogens with zero attached hydrogens (tertiary/aromatic N) is 3. The zero-order chi connectivity index (χ0) is 24.4. The van der Waals surface area contributed by atoms with E-state index in [-0.39, 0.29) is 17.2 Å². The average molecular weight is 502 g/mol. The second kappa shape index (κ2) is 10.1. The molecule has 1 atom stereocenters. The van der Waals surface area contributed by atoms with Gasteiger partial charge in [0.25, 0.3) is 0 Å². The molecule has 2 aromatic carbocycles. The summed E-state index contributed by atoms with van der Waals surface area (Å²) in [4.78, 5) is 21.5. The summed E-state index contributed by atoms with van der Waals surface area (Å²) in [6, 6.07) is 8.26. The maximum absolute atomic E-state index is 13.6. The minimum absolute atomic E-state index is 0.0119. The van der Waals surface area contributed by atoms with Crippen LogP contribution in [0.25, 0.3) is 10.9 Å². The lowest BCUT2D eigenvalue weighted by molar-refractivity contribution is 0.133. The van der Waals surface area contributed by atoms with Gasteiger partial charge in [-0.25, -0.2) is 19.2 Å². The molecule has 9 nitrogen and oxygen atoms in total. The highest BCUT2D eigenvalue weighted by Crippen LogP contribution is 2.36. The molecular weight excluding hydrogens is 477 g/mol. The monoisotopic (exact) mass is 501 g/mol. The van der Waals surface area contributed by atoms with Crippen molar-refractivity contribution < 1.29 is 23.8 Å². The Morgan fingerprint density at radius 1 is 1.20 bits per heavy atom. The maximum Gasteiger partial charge on any atom is 0.407 e. The van der Waals surface area contributed by atoms with Gasteiger partial charge < -0.3 is 30.1 Å². The van der Waals surface area contributed by atoms with E-state index < -0.39 is 11.9 Å². The third-order valence-electron chi connectivity index (χ3n) is 6.23. The standard InChI is InChI=1S/C24H25ClFN5O4/c25-18-9-15(1-2-19(18)26)30-23-17-10-21(29-14-3-6-31(7-4-14)24(32)33)22(11-20(17)27-13-28-23)35-16-5-8-34-12-16/h1-2,9-11,13-14,16,29H,3-8,12H2,(H,32,33)(H,27,28,30)/t16-/m0/s1. The summed E-state index contributed by atoms with van der Waals surface area (Å²) in [6.45, 7) is 2.12. The van der Waals surface area contributed by atoms with E-state index in [4.69, 9.17) is 21.1 Å². The lowest BCUT2D eigenvalue weighted by Crippen LogP contribution is -2.41.